The summed E-state index contributed by atoms with van der Waals surface area (Å²) in [7, 11) is 0. The molecule has 0 bridgehead atoms. The van der Waals surface area contributed by atoms with Gasteiger partial charge in [0, 0.05) is 10.9 Å². The van der Waals surface area contributed by atoms with Crippen molar-refractivity contribution >= 4 is 11.3 Å². The SMILES string of the molecule is Fc1cc(C(F)(F)F)ccc1-c1cscn1. The standard InChI is InChI=1S/C10H5F4NS/c11-8-3-6(10(12,13)14)1-2-7(8)9-4-16-5-15-9/h1-5H. The second-order valence-electron chi connectivity index (χ2n) is 3.07. The highest BCUT2D eigenvalue weighted by atomic mass is 32.1. The molecule has 0 amide bonds. The van der Waals surface area contributed by atoms with Crippen LogP contribution in [0.4, 0.5) is 17.6 Å². The van der Waals surface area contributed by atoms with Gasteiger partial charge in [0.15, 0.2) is 0 Å². The van der Waals surface area contributed by atoms with Gasteiger partial charge in [0.05, 0.1) is 16.8 Å². The summed E-state index contributed by atoms with van der Waals surface area (Å²) in [5.74, 6) is -0.916. The van der Waals surface area contributed by atoms with Crippen LogP contribution in [-0.2, 0) is 6.18 Å². The van der Waals surface area contributed by atoms with Crippen molar-refractivity contribution in [2.24, 2.45) is 0 Å². The molecule has 0 saturated heterocycles. The molecule has 0 N–H and O–H groups in total. The Morgan fingerprint density at radius 2 is 1.94 bits per heavy atom. The predicted octanol–water partition coefficient (Wildman–Crippen LogP) is 3.97. The van der Waals surface area contributed by atoms with E-state index in [1.54, 1.807) is 5.38 Å². The average molecular weight is 247 g/mol. The van der Waals surface area contributed by atoms with Crippen LogP contribution in [0.3, 0.4) is 0 Å². The number of thiazole rings is 1. The molecule has 0 aliphatic heterocycles. The number of nitrogens with zero attached hydrogens (tertiary/aromatic N) is 1. The maximum Gasteiger partial charge on any atom is 0.416 e. The second kappa shape index (κ2) is 3.86. The Labute approximate surface area is 92.4 Å². The molecule has 1 aromatic heterocycles. The molecule has 0 unspecified atom stereocenters. The van der Waals surface area contributed by atoms with Crippen LogP contribution in [0.5, 0.6) is 0 Å². The fourth-order valence-corrected chi connectivity index (χ4v) is 1.80. The molecular formula is C10H5F4NS. The van der Waals surface area contributed by atoms with Gasteiger partial charge in [-0.15, -0.1) is 11.3 Å². The number of alkyl halides is 3. The van der Waals surface area contributed by atoms with Crippen molar-refractivity contribution in [2.45, 2.75) is 6.18 Å². The summed E-state index contributed by atoms with van der Waals surface area (Å²) in [4.78, 5) is 3.84. The molecule has 2 aromatic rings. The summed E-state index contributed by atoms with van der Waals surface area (Å²) < 4.78 is 50.2. The van der Waals surface area contributed by atoms with Crippen molar-refractivity contribution in [1.82, 2.24) is 4.98 Å². The van der Waals surface area contributed by atoms with E-state index in [1.807, 2.05) is 0 Å². The van der Waals surface area contributed by atoms with Crippen LogP contribution in [-0.4, -0.2) is 4.98 Å². The van der Waals surface area contributed by atoms with E-state index in [9.17, 15) is 17.6 Å². The molecule has 1 nitrogen and oxygen atoms in total. The molecule has 0 aliphatic carbocycles. The van der Waals surface area contributed by atoms with E-state index in [0.29, 0.717) is 11.8 Å². The van der Waals surface area contributed by atoms with Crippen molar-refractivity contribution in [1.29, 1.82) is 0 Å². The first-order valence-electron chi connectivity index (χ1n) is 4.24. The molecule has 1 heterocycles. The summed E-state index contributed by atoms with van der Waals surface area (Å²) in [5.41, 5.74) is 0.918. The van der Waals surface area contributed by atoms with Gasteiger partial charge in [0.2, 0.25) is 0 Å². The highest BCUT2D eigenvalue weighted by molar-refractivity contribution is 7.07. The third-order valence-electron chi connectivity index (χ3n) is 2.00. The fourth-order valence-electron chi connectivity index (χ4n) is 1.24. The molecule has 16 heavy (non-hydrogen) atoms. The molecular weight excluding hydrogens is 242 g/mol. The highest BCUT2D eigenvalue weighted by Crippen LogP contribution is 2.32. The molecule has 6 heteroatoms. The van der Waals surface area contributed by atoms with Crippen LogP contribution in [0.2, 0.25) is 0 Å². The van der Waals surface area contributed by atoms with Gasteiger partial charge in [-0.2, -0.15) is 13.2 Å². The van der Waals surface area contributed by atoms with E-state index in [-0.39, 0.29) is 5.56 Å². The zero-order valence-corrected chi connectivity index (χ0v) is 8.57. The van der Waals surface area contributed by atoms with Crippen LogP contribution in [0.15, 0.2) is 29.1 Å². The normalized spacial score (nSPS) is 11.8. The Kier molecular flexibility index (Phi) is 2.67. The van der Waals surface area contributed by atoms with E-state index in [2.05, 4.69) is 4.98 Å². The third-order valence-corrected chi connectivity index (χ3v) is 2.59. The van der Waals surface area contributed by atoms with Gasteiger partial charge in [-0.25, -0.2) is 9.37 Å². The zero-order chi connectivity index (χ0) is 11.8. The van der Waals surface area contributed by atoms with E-state index in [1.165, 1.54) is 16.8 Å². The minimum Gasteiger partial charge on any atom is -0.245 e. The number of hydrogen-bond donors (Lipinski definition) is 0. The van der Waals surface area contributed by atoms with Crippen molar-refractivity contribution in [3.05, 3.63) is 40.5 Å². The first kappa shape index (κ1) is 11.1. The Balaban J connectivity index is 2.46. The van der Waals surface area contributed by atoms with Gasteiger partial charge < -0.3 is 0 Å². The monoisotopic (exact) mass is 247 g/mol. The molecule has 0 radical (unpaired) electrons. The maximum atomic E-state index is 13.4. The number of halogens is 4. The summed E-state index contributed by atoms with van der Waals surface area (Å²) in [5, 5.41) is 1.58. The molecule has 0 saturated carbocycles. The predicted molar refractivity (Wildman–Crippen MR) is 52.5 cm³/mol. The van der Waals surface area contributed by atoms with E-state index < -0.39 is 17.6 Å². The number of aromatic nitrogens is 1. The molecule has 1 aromatic carbocycles. The Hall–Kier alpha value is -1.43. The van der Waals surface area contributed by atoms with Crippen molar-refractivity contribution in [2.75, 3.05) is 0 Å². The minimum atomic E-state index is -4.53. The lowest BCUT2D eigenvalue weighted by molar-refractivity contribution is -0.137. The van der Waals surface area contributed by atoms with Crippen LogP contribution in [0.1, 0.15) is 5.56 Å². The van der Waals surface area contributed by atoms with Crippen molar-refractivity contribution in [3.63, 3.8) is 0 Å². The lowest BCUT2D eigenvalue weighted by Gasteiger charge is -2.07. The lowest BCUT2D eigenvalue weighted by Crippen LogP contribution is -2.05. The Morgan fingerprint density at radius 3 is 2.44 bits per heavy atom. The van der Waals surface area contributed by atoms with Gasteiger partial charge >= 0.3 is 6.18 Å². The number of hydrogen-bond acceptors (Lipinski definition) is 2. The first-order chi connectivity index (χ1) is 7.48. The van der Waals surface area contributed by atoms with Gasteiger partial charge in [-0.1, -0.05) is 0 Å². The third kappa shape index (κ3) is 2.06. The molecule has 0 fully saturated rings. The van der Waals surface area contributed by atoms with E-state index in [0.717, 1.165) is 12.1 Å². The summed E-state index contributed by atoms with van der Waals surface area (Å²) in [6.45, 7) is 0. The second-order valence-corrected chi connectivity index (χ2v) is 3.78. The van der Waals surface area contributed by atoms with Crippen molar-refractivity contribution in [3.8, 4) is 11.3 Å². The Morgan fingerprint density at radius 1 is 1.19 bits per heavy atom. The minimum absolute atomic E-state index is 0.0780. The van der Waals surface area contributed by atoms with Crippen LogP contribution < -0.4 is 0 Å². The molecule has 0 atom stereocenters. The summed E-state index contributed by atoms with van der Waals surface area (Å²) in [6.07, 6.45) is -4.53. The van der Waals surface area contributed by atoms with Crippen LogP contribution in [0.25, 0.3) is 11.3 Å². The smallest absolute Gasteiger partial charge is 0.245 e. The zero-order valence-electron chi connectivity index (χ0n) is 7.75. The molecule has 0 spiro atoms. The molecule has 2 rings (SSSR count). The van der Waals surface area contributed by atoms with Gasteiger partial charge in [0.1, 0.15) is 5.82 Å². The van der Waals surface area contributed by atoms with E-state index >= 15 is 0 Å². The van der Waals surface area contributed by atoms with Gasteiger partial charge in [0.25, 0.3) is 0 Å². The largest absolute Gasteiger partial charge is 0.416 e. The molecule has 0 aliphatic rings. The van der Waals surface area contributed by atoms with Crippen LogP contribution in [0, 0.1) is 5.82 Å². The Bertz CT molecular complexity index is 490. The number of benzene rings is 1. The topological polar surface area (TPSA) is 12.9 Å². The lowest BCUT2D eigenvalue weighted by atomic mass is 10.1. The fraction of sp³-hybridized carbons (Fsp3) is 0.100. The molecule has 84 valence electrons. The maximum absolute atomic E-state index is 13.4. The van der Waals surface area contributed by atoms with Crippen molar-refractivity contribution < 1.29 is 17.6 Å². The van der Waals surface area contributed by atoms with Gasteiger partial charge in [-0.05, 0) is 18.2 Å². The summed E-state index contributed by atoms with van der Waals surface area (Å²) >= 11 is 1.25. The van der Waals surface area contributed by atoms with E-state index in [4.69, 9.17) is 0 Å². The quantitative estimate of drug-likeness (QED) is 0.695. The highest BCUT2D eigenvalue weighted by Gasteiger charge is 2.31. The first-order valence-corrected chi connectivity index (χ1v) is 5.18. The average Bonchev–Trinajstić information content (AvgIpc) is 2.69. The number of rotatable bonds is 1. The van der Waals surface area contributed by atoms with Gasteiger partial charge in [-0.3, -0.25) is 0 Å². The summed E-state index contributed by atoms with van der Waals surface area (Å²) in [6, 6.07) is 2.42. The van der Waals surface area contributed by atoms with Crippen LogP contribution >= 0.6 is 11.3 Å².